The largest absolute Gasteiger partial charge is 0.272 e. The third kappa shape index (κ3) is 5.23. The van der Waals surface area contributed by atoms with Gasteiger partial charge in [-0.2, -0.15) is 5.10 Å². The molecule has 126 valence electrons. The number of halogens is 1. The molecule has 2 aromatic carbocycles. The number of hydrogen-bond acceptors (Lipinski definition) is 5. The number of aromatic nitrogens is 1. The summed E-state index contributed by atoms with van der Waals surface area (Å²) in [6.45, 7) is 0. The zero-order valence-electron chi connectivity index (χ0n) is 13.1. The lowest BCUT2D eigenvalue weighted by molar-refractivity contribution is -0.118. The third-order valence-corrected chi connectivity index (χ3v) is 5.17. The number of amides is 1. The second-order valence-corrected chi connectivity index (χ2v) is 7.08. The Kier molecular flexibility index (Phi) is 5.92. The number of hydrogen-bond donors (Lipinski definition) is 1. The van der Waals surface area contributed by atoms with Crippen molar-refractivity contribution in [2.75, 3.05) is 5.75 Å². The summed E-state index contributed by atoms with van der Waals surface area (Å²) in [4.78, 5) is 16.3. The fourth-order valence-corrected chi connectivity index (χ4v) is 3.58. The fourth-order valence-electron chi connectivity index (χ4n) is 1.95. The molecule has 0 unspecified atom stereocenters. The molecule has 0 aliphatic carbocycles. The van der Waals surface area contributed by atoms with E-state index in [1.807, 2.05) is 35.7 Å². The highest BCUT2D eigenvalue weighted by atomic mass is 32.2. The van der Waals surface area contributed by atoms with Crippen molar-refractivity contribution in [1.29, 1.82) is 0 Å². The number of nitrogens with one attached hydrogen (secondary N) is 1. The Bertz CT molecular complexity index is 864. The Morgan fingerprint density at radius 3 is 2.72 bits per heavy atom. The molecule has 4 nitrogen and oxygen atoms in total. The van der Waals surface area contributed by atoms with Crippen LogP contribution in [0.2, 0.25) is 0 Å². The number of thioether (sulfide) groups is 1. The second kappa shape index (κ2) is 8.55. The number of thiazole rings is 1. The summed E-state index contributed by atoms with van der Waals surface area (Å²) in [5.41, 5.74) is 5.12. The van der Waals surface area contributed by atoms with E-state index in [0.717, 1.165) is 15.6 Å². The van der Waals surface area contributed by atoms with Crippen molar-refractivity contribution < 1.29 is 9.18 Å². The Labute approximate surface area is 152 Å². The molecule has 1 aromatic heterocycles. The summed E-state index contributed by atoms with van der Waals surface area (Å²) >= 11 is 2.87. The van der Waals surface area contributed by atoms with Gasteiger partial charge in [0.05, 0.1) is 17.7 Å². The van der Waals surface area contributed by atoms with Crippen molar-refractivity contribution in [2.45, 2.75) is 4.34 Å². The highest BCUT2D eigenvalue weighted by Crippen LogP contribution is 2.27. The molecule has 0 fully saturated rings. The predicted molar refractivity (Wildman–Crippen MR) is 100 cm³/mol. The Morgan fingerprint density at radius 1 is 1.20 bits per heavy atom. The smallest absolute Gasteiger partial charge is 0.250 e. The van der Waals surface area contributed by atoms with Gasteiger partial charge >= 0.3 is 0 Å². The Balaban J connectivity index is 1.48. The van der Waals surface area contributed by atoms with Crippen LogP contribution in [0.4, 0.5) is 4.39 Å². The van der Waals surface area contributed by atoms with Gasteiger partial charge in [-0.1, -0.05) is 54.2 Å². The first kappa shape index (κ1) is 17.3. The average Bonchev–Trinajstić information content (AvgIpc) is 3.11. The van der Waals surface area contributed by atoms with Crippen molar-refractivity contribution in [1.82, 2.24) is 10.4 Å². The molecular weight excluding hydrogens is 357 g/mol. The second-order valence-electron chi connectivity index (χ2n) is 5.00. The molecule has 0 atom stereocenters. The molecule has 0 aliphatic heterocycles. The maximum Gasteiger partial charge on any atom is 0.250 e. The first-order valence-corrected chi connectivity index (χ1v) is 9.28. The van der Waals surface area contributed by atoms with Gasteiger partial charge in [0, 0.05) is 10.9 Å². The van der Waals surface area contributed by atoms with Crippen LogP contribution < -0.4 is 5.43 Å². The average molecular weight is 371 g/mol. The van der Waals surface area contributed by atoms with Crippen molar-refractivity contribution in [2.24, 2.45) is 5.10 Å². The number of carbonyl (C=O) groups is 1. The van der Waals surface area contributed by atoms with E-state index in [1.54, 1.807) is 12.1 Å². The van der Waals surface area contributed by atoms with Crippen molar-refractivity contribution in [3.8, 4) is 11.3 Å². The van der Waals surface area contributed by atoms with E-state index in [1.165, 1.54) is 41.4 Å². The number of rotatable bonds is 6. The van der Waals surface area contributed by atoms with Crippen molar-refractivity contribution >= 4 is 35.2 Å². The van der Waals surface area contributed by atoms with Crippen LogP contribution in [0.15, 0.2) is 69.4 Å². The minimum absolute atomic E-state index is 0.222. The van der Waals surface area contributed by atoms with Gasteiger partial charge in [-0.15, -0.1) is 11.3 Å². The van der Waals surface area contributed by atoms with Crippen LogP contribution in [0.1, 0.15) is 5.56 Å². The van der Waals surface area contributed by atoms with E-state index in [2.05, 4.69) is 15.5 Å². The predicted octanol–water partition coefficient (Wildman–Crippen LogP) is 4.19. The summed E-state index contributed by atoms with van der Waals surface area (Å²) < 4.78 is 13.6. The molecule has 0 spiro atoms. The van der Waals surface area contributed by atoms with Crippen LogP contribution in [0.25, 0.3) is 11.3 Å². The lowest BCUT2D eigenvalue weighted by Crippen LogP contribution is -2.19. The van der Waals surface area contributed by atoms with Gasteiger partial charge in [-0.3, -0.25) is 4.79 Å². The summed E-state index contributed by atoms with van der Waals surface area (Å²) in [6.07, 6.45) is 1.47. The van der Waals surface area contributed by atoms with Gasteiger partial charge in [-0.25, -0.2) is 14.8 Å². The fraction of sp³-hybridized carbons (Fsp3) is 0.0556. The summed E-state index contributed by atoms with van der Waals surface area (Å²) in [5.74, 6) is -0.307. The number of benzene rings is 2. The molecule has 7 heteroatoms. The van der Waals surface area contributed by atoms with E-state index < -0.39 is 0 Å². The van der Waals surface area contributed by atoms with Crippen LogP contribution in [0.3, 0.4) is 0 Å². The van der Waals surface area contributed by atoms with Gasteiger partial charge in [-0.05, 0) is 17.7 Å². The molecule has 0 saturated heterocycles. The van der Waals surface area contributed by atoms with Crippen LogP contribution in [0, 0.1) is 5.82 Å². The first-order chi connectivity index (χ1) is 12.2. The van der Waals surface area contributed by atoms with Crippen molar-refractivity contribution in [3.63, 3.8) is 0 Å². The molecule has 0 saturated carbocycles. The van der Waals surface area contributed by atoms with Crippen LogP contribution >= 0.6 is 23.1 Å². The zero-order chi connectivity index (χ0) is 17.5. The van der Waals surface area contributed by atoms with Crippen LogP contribution in [-0.4, -0.2) is 22.9 Å². The van der Waals surface area contributed by atoms with Gasteiger partial charge in [0.25, 0.3) is 5.91 Å². The highest BCUT2D eigenvalue weighted by Gasteiger charge is 2.07. The summed E-state index contributed by atoms with van der Waals surface area (Å²) in [5, 5.41) is 5.83. The monoisotopic (exact) mass is 371 g/mol. The molecule has 25 heavy (non-hydrogen) atoms. The van der Waals surface area contributed by atoms with E-state index in [0.29, 0.717) is 5.56 Å². The maximum absolute atomic E-state index is 12.8. The third-order valence-electron chi connectivity index (χ3n) is 3.15. The number of nitrogens with zero attached hydrogens (tertiary/aromatic N) is 2. The minimum atomic E-state index is -0.309. The van der Waals surface area contributed by atoms with E-state index in [-0.39, 0.29) is 17.5 Å². The molecule has 3 rings (SSSR count). The molecular formula is C18H14FN3OS2. The molecule has 0 aliphatic rings. The molecule has 0 radical (unpaired) electrons. The Hall–Kier alpha value is -2.51. The summed E-state index contributed by atoms with van der Waals surface area (Å²) in [7, 11) is 0. The number of hydrazone groups is 1. The molecule has 1 N–H and O–H groups in total. The highest BCUT2D eigenvalue weighted by molar-refractivity contribution is 8.01. The van der Waals surface area contributed by atoms with E-state index in [4.69, 9.17) is 0 Å². The van der Waals surface area contributed by atoms with Gasteiger partial charge in [0.1, 0.15) is 5.82 Å². The Morgan fingerprint density at radius 2 is 1.96 bits per heavy atom. The van der Waals surface area contributed by atoms with Gasteiger partial charge in [0.2, 0.25) is 0 Å². The van der Waals surface area contributed by atoms with Crippen LogP contribution in [0.5, 0.6) is 0 Å². The quantitative estimate of drug-likeness (QED) is 0.402. The summed E-state index contributed by atoms with van der Waals surface area (Å²) in [6, 6.07) is 15.7. The number of carbonyl (C=O) groups excluding carboxylic acids is 1. The molecule has 0 bridgehead atoms. The maximum atomic E-state index is 12.8. The van der Waals surface area contributed by atoms with Crippen molar-refractivity contribution in [3.05, 3.63) is 71.4 Å². The molecule has 1 amide bonds. The van der Waals surface area contributed by atoms with E-state index >= 15 is 0 Å². The van der Waals surface area contributed by atoms with Crippen LogP contribution in [-0.2, 0) is 4.79 Å². The normalized spacial score (nSPS) is 10.9. The first-order valence-electron chi connectivity index (χ1n) is 7.42. The minimum Gasteiger partial charge on any atom is -0.272 e. The lowest BCUT2D eigenvalue weighted by atomic mass is 10.2. The SMILES string of the molecule is O=C(CSc1nc(-c2ccccc2)cs1)N/N=C/c1ccc(F)cc1. The molecule has 1 heterocycles. The van der Waals surface area contributed by atoms with Gasteiger partial charge < -0.3 is 0 Å². The van der Waals surface area contributed by atoms with E-state index in [9.17, 15) is 9.18 Å². The topological polar surface area (TPSA) is 54.4 Å². The lowest BCUT2D eigenvalue weighted by Gasteiger charge is -1.98. The molecule has 3 aromatic rings. The standard InChI is InChI=1S/C18H14FN3OS2/c19-15-8-6-13(7-9-15)10-20-22-17(23)12-25-18-21-16(11-24-18)14-4-2-1-3-5-14/h1-11H,12H2,(H,22,23)/b20-10+. The van der Waals surface area contributed by atoms with Gasteiger partial charge in [0.15, 0.2) is 4.34 Å². The zero-order valence-corrected chi connectivity index (χ0v) is 14.7.